The maximum atomic E-state index is 13.4. The van der Waals surface area contributed by atoms with Gasteiger partial charge in [0.05, 0.1) is 0 Å². The highest BCUT2D eigenvalue weighted by molar-refractivity contribution is 7.98. The van der Waals surface area contributed by atoms with E-state index in [0.29, 0.717) is 5.56 Å². The summed E-state index contributed by atoms with van der Waals surface area (Å²) < 4.78 is 39.3. The third kappa shape index (κ3) is 3.55. The number of hydrogen-bond donors (Lipinski definition) is 0. The molecule has 0 N–H and O–H groups in total. The second-order valence-corrected chi connectivity index (χ2v) is 5.07. The van der Waals surface area contributed by atoms with Crippen LogP contribution in [0.3, 0.4) is 0 Å². The van der Waals surface area contributed by atoms with Crippen molar-refractivity contribution in [3.63, 3.8) is 0 Å². The Morgan fingerprint density at radius 2 is 1.67 bits per heavy atom. The number of allylic oxidation sites excluding steroid dienone is 1. The van der Waals surface area contributed by atoms with Crippen molar-refractivity contribution in [3.05, 3.63) is 71.1 Å². The molecular weight excluding hydrogens is 297 g/mol. The SMILES string of the molecule is CSc1ccc(C(=O)C=Cc2ccc(F)c(F)c2F)cc1. The van der Waals surface area contributed by atoms with E-state index in [1.165, 1.54) is 0 Å². The summed E-state index contributed by atoms with van der Waals surface area (Å²) >= 11 is 1.55. The molecule has 0 heterocycles. The van der Waals surface area contributed by atoms with Gasteiger partial charge in [0.1, 0.15) is 0 Å². The number of rotatable bonds is 4. The molecule has 21 heavy (non-hydrogen) atoms. The minimum atomic E-state index is -1.55. The van der Waals surface area contributed by atoms with Gasteiger partial charge in [-0.15, -0.1) is 11.8 Å². The fourth-order valence-corrected chi connectivity index (χ4v) is 2.09. The van der Waals surface area contributed by atoms with Crippen LogP contribution in [0.4, 0.5) is 13.2 Å². The molecule has 0 atom stereocenters. The van der Waals surface area contributed by atoms with Crippen molar-refractivity contribution in [2.24, 2.45) is 0 Å². The van der Waals surface area contributed by atoms with Gasteiger partial charge in [-0.05, 0) is 54.8 Å². The molecule has 0 saturated carbocycles. The zero-order valence-electron chi connectivity index (χ0n) is 11.1. The van der Waals surface area contributed by atoms with Crippen LogP contribution in [-0.4, -0.2) is 12.0 Å². The molecule has 1 nitrogen and oxygen atoms in total. The number of thioether (sulfide) groups is 1. The highest BCUT2D eigenvalue weighted by atomic mass is 32.2. The predicted molar refractivity (Wildman–Crippen MR) is 77.9 cm³/mol. The van der Waals surface area contributed by atoms with E-state index in [1.54, 1.807) is 36.0 Å². The molecule has 0 bridgehead atoms. The van der Waals surface area contributed by atoms with E-state index in [9.17, 15) is 18.0 Å². The second kappa shape index (κ2) is 6.63. The molecule has 5 heteroatoms. The Balaban J connectivity index is 2.20. The highest BCUT2D eigenvalue weighted by Gasteiger charge is 2.11. The molecule has 0 aliphatic heterocycles. The van der Waals surface area contributed by atoms with Crippen LogP contribution in [0.1, 0.15) is 15.9 Å². The Morgan fingerprint density at radius 3 is 2.29 bits per heavy atom. The van der Waals surface area contributed by atoms with E-state index in [4.69, 9.17) is 0 Å². The molecule has 0 aliphatic rings. The van der Waals surface area contributed by atoms with Crippen LogP contribution < -0.4 is 0 Å². The first-order valence-electron chi connectivity index (χ1n) is 6.03. The maximum absolute atomic E-state index is 13.4. The maximum Gasteiger partial charge on any atom is 0.195 e. The lowest BCUT2D eigenvalue weighted by atomic mass is 10.1. The number of carbonyl (C=O) groups is 1. The van der Waals surface area contributed by atoms with Crippen LogP contribution in [0.5, 0.6) is 0 Å². The Hall–Kier alpha value is -2.01. The number of benzene rings is 2. The van der Waals surface area contributed by atoms with Crippen molar-refractivity contribution < 1.29 is 18.0 Å². The molecule has 0 amide bonds. The molecule has 108 valence electrons. The van der Waals surface area contributed by atoms with Gasteiger partial charge in [0.25, 0.3) is 0 Å². The zero-order chi connectivity index (χ0) is 15.4. The third-order valence-corrected chi connectivity index (χ3v) is 3.60. The van der Waals surface area contributed by atoms with E-state index >= 15 is 0 Å². The molecule has 0 aromatic heterocycles. The van der Waals surface area contributed by atoms with Crippen LogP contribution in [-0.2, 0) is 0 Å². The Morgan fingerprint density at radius 1 is 1.00 bits per heavy atom. The molecule has 0 fully saturated rings. The van der Waals surface area contributed by atoms with Crippen molar-refractivity contribution in [1.82, 2.24) is 0 Å². The minimum absolute atomic E-state index is 0.178. The summed E-state index contributed by atoms with van der Waals surface area (Å²) in [4.78, 5) is 12.9. The molecular formula is C16H11F3OS. The molecule has 0 aliphatic carbocycles. The normalized spacial score (nSPS) is 11.0. The van der Waals surface area contributed by atoms with Crippen LogP contribution >= 0.6 is 11.8 Å². The molecule has 0 saturated heterocycles. The van der Waals surface area contributed by atoms with Crippen LogP contribution in [0, 0.1) is 17.5 Å². The Labute approximate surface area is 124 Å². The summed E-state index contributed by atoms with van der Waals surface area (Å²) in [6.45, 7) is 0. The standard InChI is InChI=1S/C16H11F3OS/c1-21-12-6-2-10(3-7-12)14(20)9-5-11-4-8-13(17)16(19)15(11)18/h2-9H,1H3. The van der Waals surface area contributed by atoms with Crippen LogP contribution in [0.25, 0.3) is 6.08 Å². The molecule has 2 aromatic rings. The summed E-state index contributed by atoms with van der Waals surface area (Å²) in [7, 11) is 0. The van der Waals surface area contributed by atoms with E-state index < -0.39 is 17.5 Å². The van der Waals surface area contributed by atoms with Crippen molar-refractivity contribution in [2.45, 2.75) is 4.90 Å². The van der Waals surface area contributed by atoms with Crippen molar-refractivity contribution in [3.8, 4) is 0 Å². The van der Waals surface area contributed by atoms with Gasteiger partial charge >= 0.3 is 0 Å². The van der Waals surface area contributed by atoms with Crippen molar-refractivity contribution in [1.29, 1.82) is 0 Å². The van der Waals surface area contributed by atoms with Gasteiger partial charge in [0, 0.05) is 16.0 Å². The van der Waals surface area contributed by atoms with E-state index in [2.05, 4.69) is 0 Å². The third-order valence-electron chi connectivity index (χ3n) is 2.85. The monoisotopic (exact) mass is 308 g/mol. The second-order valence-electron chi connectivity index (χ2n) is 4.19. The summed E-state index contributed by atoms with van der Waals surface area (Å²) in [5.41, 5.74) is 0.259. The summed E-state index contributed by atoms with van der Waals surface area (Å²) in [5, 5.41) is 0. The first-order valence-corrected chi connectivity index (χ1v) is 7.25. The van der Waals surface area contributed by atoms with Gasteiger partial charge in [0.2, 0.25) is 0 Å². The lowest BCUT2D eigenvalue weighted by Gasteiger charge is -2.00. The Kier molecular flexibility index (Phi) is 4.85. The van der Waals surface area contributed by atoms with Crippen LogP contribution in [0.15, 0.2) is 47.4 Å². The summed E-state index contributed by atoms with van der Waals surface area (Å²) in [6, 6.07) is 8.79. The first kappa shape index (κ1) is 15.4. The number of hydrogen-bond acceptors (Lipinski definition) is 2. The minimum Gasteiger partial charge on any atom is -0.289 e. The molecule has 2 rings (SSSR count). The smallest absolute Gasteiger partial charge is 0.195 e. The number of ketones is 1. The van der Waals surface area contributed by atoms with Crippen LogP contribution in [0.2, 0.25) is 0 Å². The summed E-state index contributed by atoms with van der Waals surface area (Å²) in [6.07, 6.45) is 4.18. The van der Waals surface area contributed by atoms with Gasteiger partial charge in [-0.1, -0.05) is 0 Å². The molecule has 0 unspecified atom stereocenters. The number of carbonyl (C=O) groups excluding carboxylic acids is 1. The molecule has 2 aromatic carbocycles. The molecule has 0 spiro atoms. The van der Waals surface area contributed by atoms with Gasteiger partial charge in [-0.2, -0.15) is 0 Å². The predicted octanol–water partition coefficient (Wildman–Crippen LogP) is 4.72. The Bertz CT molecular complexity index is 693. The van der Waals surface area contributed by atoms with Gasteiger partial charge in [0.15, 0.2) is 23.2 Å². The van der Waals surface area contributed by atoms with Crippen molar-refractivity contribution >= 4 is 23.6 Å². The summed E-state index contributed by atoms with van der Waals surface area (Å²) in [5.74, 6) is -4.46. The quantitative estimate of drug-likeness (QED) is 0.352. The average Bonchev–Trinajstić information content (AvgIpc) is 2.52. The van der Waals surface area contributed by atoms with Crippen molar-refractivity contribution in [2.75, 3.05) is 6.26 Å². The van der Waals surface area contributed by atoms with Gasteiger partial charge < -0.3 is 0 Å². The first-order chi connectivity index (χ1) is 10.0. The average molecular weight is 308 g/mol. The highest BCUT2D eigenvalue weighted by Crippen LogP contribution is 2.18. The van der Waals surface area contributed by atoms with Gasteiger partial charge in [-0.3, -0.25) is 4.79 Å². The van der Waals surface area contributed by atoms with E-state index in [0.717, 1.165) is 29.2 Å². The lowest BCUT2D eigenvalue weighted by Crippen LogP contribution is -1.96. The number of halogens is 3. The largest absolute Gasteiger partial charge is 0.289 e. The topological polar surface area (TPSA) is 17.1 Å². The van der Waals surface area contributed by atoms with E-state index in [1.807, 2.05) is 6.26 Å². The lowest BCUT2D eigenvalue weighted by molar-refractivity contribution is 0.104. The van der Waals surface area contributed by atoms with Gasteiger partial charge in [-0.25, -0.2) is 13.2 Å². The fourth-order valence-electron chi connectivity index (χ4n) is 1.69. The van der Waals surface area contributed by atoms with E-state index in [-0.39, 0.29) is 11.3 Å². The fraction of sp³-hybridized carbons (Fsp3) is 0.0625. The zero-order valence-corrected chi connectivity index (χ0v) is 11.9. The molecule has 0 radical (unpaired) electrons.